The number of urea groups is 1. The molecule has 2 N–H and O–H groups in total. The normalized spacial score (nSPS) is 27.8. The number of nitrogens with one attached hydrogen (secondary N) is 2. The number of rotatable bonds is 4. The van der Waals surface area contributed by atoms with E-state index in [1.165, 1.54) is 25.7 Å². The quantitative estimate of drug-likeness (QED) is 0.887. The third-order valence-corrected chi connectivity index (χ3v) is 4.90. The number of aryl methyl sites for hydroxylation is 2. The molecule has 3 atom stereocenters. The first-order chi connectivity index (χ1) is 9.63. The van der Waals surface area contributed by atoms with E-state index in [9.17, 15) is 4.79 Å². The van der Waals surface area contributed by atoms with Crippen LogP contribution >= 0.6 is 0 Å². The minimum Gasteiger partial charge on any atom is -0.361 e. The van der Waals surface area contributed by atoms with Crippen LogP contribution in [-0.4, -0.2) is 23.8 Å². The summed E-state index contributed by atoms with van der Waals surface area (Å²) in [6.45, 7) is 4.46. The lowest BCUT2D eigenvalue weighted by Gasteiger charge is -2.23. The van der Waals surface area contributed by atoms with Crippen LogP contribution in [0.2, 0.25) is 0 Å². The highest BCUT2D eigenvalue weighted by Crippen LogP contribution is 2.44. The Bertz CT molecular complexity index is 478. The third-order valence-electron chi connectivity index (χ3n) is 4.90. The van der Waals surface area contributed by atoms with Crippen molar-refractivity contribution >= 4 is 6.03 Å². The molecule has 0 spiro atoms. The van der Waals surface area contributed by atoms with Crippen LogP contribution in [0.25, 0.3) is 0 Å². The van der Waals surface area contributed by atoms with E-state index < -0.39 is 0 Å². The predicted octanol–water partition coefficient (Wildman–Crippen LogP) is 2.32. The summed E-state index contributed by atoms with van der Waals surface area (Å²) in [5.74, 6) is 2.42. The molecule has 110 valence electrons. The molecule has 1 aromatic rings. The van der Waals surface area contributed by atoms with E-state index in [-0.39, 0.29) is 6.03 Å². The van der Waals surface area contributed by atoms with E-state index in [1.54, 1.807) is 0 Å². The summed E-state index contributed by atoms with van der Waals surface area (Å²) in [5.41, 5.74) is 2.02. The molecule has 2 fully saturated rings. The number of fused-ring (bicyclic) bond motifs is 2. The van der Waals surface area contributed by atoms with Crippen LogP contribution in [0.1, 0.15) is 42.7 Å². The first-order valence-electron chi connectivity index (χ1n) is 7.59. The summed E-state index contributed by atoms with van der Waals surface area (Å²) in [7, 11) is 0. The van der Waals surface area contributed by atoms with Crippen LogP contribution in [0, 0.1) is 25.7 Å². The summed E-state index contributed by atoms with van der Waals surface area (Å²) in [4.78, 5) is 11.9. The van der Waals surface area contributed by atoms with Gasteiger partial charge in [-0.15, -0.1) is 0 Å². The average Bonchev–Trinajstić information content (AvgIpc) is 3.09. The summed E-state index contributed by atoms with van der Waals surface area (Å²) in [6, 6.07) is 0.363. The standard InChI is InChI=1S/C15H23N3O2/c1-9-13(10(2)20-18-9)5-6-16-15(19)17-14-8-11-3-4-12(14)7-11/h11-12,14H,3-8H2,1-2H3,(H2,16,17,19)/t11-,12-,14+/m0/s1. The van der Waals surface area contributed by atoms with Gasteiger partial charge >= 0.3 is 6.03 Å². The highest BCUT2D eigenvalue weighted by Gasteiger charge is 2.40. The van der Waals surface area contributed by atoms with Gasteiger partial charge < -0.3 is 15.2 Å². The average molecular weight is 277 g/mol. The second kappa shape index (κ2) is 5.46. The molecule has 5 nitrogen and oxygen atoms in total. The fraction of sp³-hybridized carbons (Fsp3) is 0.733. The Morgan fingerprint density at radius 2 is 2.20 bits per heavy atom. The maximum atomic E-state index is 11.9. The summed E-state index contributed by atoms with van der Waals surface area (Å²) >= 11 is 0. The van der Waals surface area contributed by atoms with Crippen molar-refractivity contribution in [3.05, 3.63) is 17.0 Å². The molecule has 5 heteroatoms. The molecule has 2 amide bonds. The Morgan fingerprint density at radius 3 is 2.80 bits per heavy atom. The zero-order chi connectivity index (χ0) is 14.1. The molecule has 0 aliphatic heterocycles. The van der Waals surface area contributed by atoms with Gasteiger partial charge in [0.25, 0.3) is 0 Å². The molecule has 3 rings (SSSR count). The molecule has 20 heavy (non-hydrogen) atoms. The van der Waals surface area contributed by atoms with Gasteiger partial charge in [-0.1, -0.05) is 11.6 Å². The molecule has 2 saturated carbocycles. The van der Waals surface area contributed by atoms with Crippen LogP contribution in [0.3, 0.4) is 0 Å². The number of hydrogen-bond donors (Lipinski definition) is 2. The lowest BCUT2D eigenvalue weighted by Crippen LogP contribution is -2.44. The number of hydrogen-bond acceptors (Lipinski definition) is 3. The Morgan fingerprint density at radius 1 is 1.35 bits per heavy atom. The molecular weight excluding hydrogens is 254 g/mol. The number of carbonyl (C=O) groups excluding carboxylic acids is 1. The fourth-order valence-electron chi connectivity index (χ4n) is 3.80. The molecular formula is C15H23N3O2. The highest BCUT2D eigenvalue weighted by atomic mass is 16.5. The summed E-state index contributed by atoms with van der Waals surface area (Å²) in [5, 5.41) is 9.99. The number of carbonyl (C=O) groups is 1. The Kier molecular flexibility index (Phi) is 3.68. The maximum absolute atomic E-state index is 11.9. The Labute approximate surface area is 119 Å². The molecule has 1 heterocycles. The minimum absolute atomic E-state index is 0.0330. The topological polar surface area (TPSA) is 67.2 Å². The lowest BCUT2D eigenvalue weighted by molar-refractivity contribution is 0.231. The van der Waals surface area contributed by atoms with Gasteiger partial charge in [0.2, 0.25) is 0 Å². The van der Waals surface area contributed by atoms with Gasteiger partial charge in [0, 0.05) is 18.2 Å². The van der Waals surface area contributed by atoms with Crippen molar-refractivity contribution in [2.75, 3.05) is 6.54 Å². The second-order valence-electron chi connectivity index (χ2n) is 6.23. The summed E-state index contributed by atoms with van der Waals surface area (Å²) < 4.78 is 5.12. The van der Waals surface area contributed by atoms with Crippen LogP contribution in [0.4, 0.5) is 4.79 Å². The Balaban J connectivity index is 1.41. The van der Waals surface area contributed by atoms with Gasteiger partial charge in [0.15, 0.2) is 0 Å². The van der Waals surface area contributed by atoms with Crippen LogP contribution in [0.5, 0.6) is 0 Å². The van der Waals surface area contributed by atoms with Gasteiger partial charge in [-0.2, -0.15) is 0 Å². The molecule has 0 unspecified atom stereocenters. The predicted molar refractivity (Wildman–Crippen MR) is 75.5 cm³/mol. The SMILES string of the molecule is Cc1noc(C)c1CCNC(=O)N[C@@H]1C[C@H]2CC[C@H]1C2. The van der Waals surface area contributed by atoms with Crippen molar-refractivity contribution in [1.29, 1.82) is 0 Å². The van der Waals surface area contributed by atoms with E-state index in [4.69, 9.17) is 4.52 Å². The zero-order valence-electron chi connectivity index (χ0n) is 12.2. The van der Waals surface area contributed by atoms with E-state index in [2.05, 4.69) is 15.8 Å². The highest BCUT2D eigenvalue weighted by molar-refractivity contribution is 5.74. The molecule has 0 aromatic carbocycles. The van der Waals surface area contributed by atoms with Gasteiger partial charge in [-0.05, 0) is 51.4 Å². The van der Waals surface area contributed by atoms with Crippen molar-refractivity contribution < 1.29 is 9.32 Å². The third kappa shape index (κ3) is 2.67. The fourth-order valence-corrected chi connectivity index (χ4v) is 3.80. The Hall–Kier alpha value is -1.52. The van der Waals surface area contributed by atoms with Crippen molar-refractivity contribution in [3.63, 3.8) is 0 Å². The molecule has 2 aliphatic carbocycles. The second-order valence-corrected chi connectivity index (χ2v) is 6.23. The van der Waals surface area contributed by atoms with Crippen LogP contribution in [-0.2, 0) is 6.42 Å². The van der Waals surface area contributed by atoms with E-state index in [0.717, 1.165) is 29.4 Å². The van der Waals surface area contributed by atoms with Gasteiger partial charge in [0.1, 0.15) is 5.76 Å². The monoisotopic (exact) mass is 277 g/mol. The van der Waals surface area contributed by atoms with E-state index in [0.29, 0.717) is 18.5 Å². The van der Waals surface area contributed by atoms with E-state index >= 15 is 0 Å². The van der Waals surface area contributed by atoms with Gasteiger partial charge in [-0.25, -0.2) is 4.79 Å². The van der Waals surface area contributed by atoms with Crippen LogP contribution < -0.4 is 10.6 Å². The van der Waals surface area contributed by atoms with E-state index in [1.807, 2.05) is 13.8 Å². The number of aromatic nitrogens is 1. The largest absolute Gasteiger partial charge is 0.361 e. The molecule has 0 radical (unpaired) electrons. The van der Waals surface area contributed by atoms with Crippen LogP contribution in [0.15, 0.2) is 4.52 Å². The van der Waals surface area contributed by atoms with Crippen molar-refractivity contribution in [2.45, 2.75) is 52.0 Å². The molecule has 2 aliphatic rings. The molecule has 1 aromatic heterocycles. The molecule has 0 saturated heterocycles. The van der Waals surface area contributed by atoms with Crippen molar-refractivity contribution in [2.24, 2.45) is 11.8 Å². The van der Waals surface area contributed by atoms with Gasteiger partial charge in [-0.3, -0.25) is 0 Å². The van der Waals surface area contributed by atoms with Crippen molar-refractivity contribution in [1.82, 2.24) is 15.8 Å². The number of amides is 2. The first kappa shape index (κ1) is 13.5. The number of nitrogens with zero attached hydrogens (tertiary/aromatic N) is 1. The zero-order valence-corrected chi connectivity index (χ0v) is 12.2. The minimum atomic E-state index is -0.0330. The lowest BCUT2D eigenvalue weighted by atomic mass is 9.95. The van der Waals surface area contributed by atoms with Crippen molar-refractivity contribution in [3.8, 4) is 0 Å². The summed E-state index contributed by atoms with van der Waals surface area (Å²) in [6.07, 6.45) is 5.89. The first-order valence-corrected chi connectivity index (χ1v) is 7.59. The van der Waals surface area contributed by atoms with Gasteiger partial charge in [0.05, 0.1) is 5.69 Å². The molecule has 2 bridgehead atoms. The smallest absolute Gasteiger partial charge is 0.315 e. The maximum Gasteiger partial charge on any atom is 0.315 e.